The van der Waals surface area contributed by atoms with Crippen molar-refractivity contribution in [2.24, 2.45) is 0 Å². The van der Waals surface area contributed by atoms with Crippen LogP contribution in [-0.2, 0) is 26.3 Å². The van der Waals surface area contributed by atoms with Gasteiger partial charge in [0.1, 0.15) is 11.5 Å². The lowest BCUT2D eigenvalue weighted by Gasteiger charge is -2.15. The molecule has 6 nitrogen and oxygen atoms in total. The van der Waals surface area contributed by atoms with E-state index in [0.717, 1.165) is 22.3 Å². The van der Waals surface area contributed by atoms with Gasteiger partial charge in [0, 0.05) is 13.4 Å². The first-order valence-corrected chi connectivity index (χ1v) is 12.2. The maximum Gasteiger partial charge on any atom is 0.364 e. The first-order chi connectivity index (χ1) is 13.1. The van der Waals surface area contributed by atoms with Gasteiger partial charge in [0.15, 0.2) is 6.35 Å². The van der Waals surface area contributed by atoms with E-state index in [1.807, 2.05) is 27.7 Å². The number of rotatable bonds is 7. The van der Waals surface area contributed by atoms with Crippen LogP contribution in [0.1, 0.15) is 36.1 Å². The maximum atomic E-state index is 11.7. The van der Waals surface area contributed by atoms with Gasteiger partial charge < -0.3 is 19.3 Å². The fourth-order valence-corrected chi connectivity index (χ4v) is 3.73. The van der Waals surface area contributed by atoms with Gasteiger partial charge >= 0.3 is 7.60 Å². The molecule has 8 heteroatoms. The molecule has 0 saturated heterocycles. The highest BCUT2D eigenvalue weighted by Crippen LogP contribution is 2.41. The second-order valence-corrected chi connectivity index (χ2v) is 9.31. The Labute approximate surface area is 169 Å². The zero-order valence-corrected chi connectivity index (χ0v) is 18.9. The van der Waals surface area contributed by atoms with Crippen LogP contribution in [0, 0.1) is 13.8 Å². The number of hydrogen-bond acceptors (Lipinski definition) is 5. The van der Waals surface area contributed by atoms with Crippen molar-refractivity contribution in [1.29, 1.82) is 0 Å². The lowest BCUT2D eigenvalue weighted by Crippen LogP contribution is -2.03. The monoisotopic (exact) mass is 428 g/mol. The first-order valence-electron chi connectivity index (χ1n) is 8.88. The highest BCUT2D eigenvalue weighted by atomic mass is 32.2. The van der Waals surface area contributed by atoms with Gasteiger partial charge in [-0.3, -0.25) is 8.77 Å². The molecule has 0 amide bonds. The van der Waals surface area contributed by atoms with Crippen LogP contribution in [-0.4, -0.2) is 33.9 Å². The van der Waals surface area contributed by atoms with Crippen molar-refractivity contribution >= 4 is 18.4 Å². The van der Waals surface area contributed by atoms with Gasteiger partial charge in [-0.1, -0.05) is 19.9 Å². The van der Waals surface area contributed by atoms with E-state index in [2.05, 4.69) is 4.52 Å². The van der Waals surface area contributed by atoms with E-state index < -0.39 is 24.7 Å². The predicted molar refractivity (Wildman–Crippen MR) is 113 cm³/mol. The predicted octanol–water partition coefficient (Wildman–Crippen LogP) is 4.53. The maximum absolute atomic E-state index is 11.7. The summed E-state index contributed by atoms with van der Waals surface area (Å²) in [5.41, 5.74) is 3.96. The lowest BCUT2D eigenvalue weighted by molar-refractivity contribution is 0.268. The highest BCUT2D eigenvalue weighted by Gasteiger charge is 2.18. The average molecular weight is 428 g/mol. The Kier molecular flexibility index (Phi) is 9.37. The van der Waals surface area contributed by atoms with E-state index in [-0.39, 0.29) is 5.75 Å². The molecule has 0 bridgehead atoms. The van der Waals surface area contributed by atoms with Crippen LogP contribution in [0.3, 0.4) is 0 Å². The van der Waals surface area contributed by atoms with Crippen molar-refractivity contribution in [3.63, 3.8) is 0 Å². The Bertz CT molecular complexity index is 858. The molecule has 0 heterocycles. The van der Waals surface area contributed by atoms with Crippen LogP contribution in [0.5, 0.6) is 11.5 Å². The summed E-state index contributed by atoms with van der Waals surface area (Å²) in [6.45, 7) is 7.87. The number of phenolic OH excluding ortho intramolecular Hbond substituents is 1. The third kappa shape index (κ3) is 6.74. The normalized spacial score (nSPS) is 13.8. The van der Waals surface area contributed by atoms with E-state index in [0.29, 0.717) is 17.1 Å². The van der Waals surface area contributed by atoms with E-state index in [1.54, 1.807) is 30.3 Å². The molecule has 2 aromatic rings. The minimum atomic E-state index is -3.73. The quantitative estimate of drug-likeness (QED) is 0.630. The van der Waals surface area contributed by atoms with Gasteiger partial charge in [0.05, 0.1) is 15.7 Å². The third-order valence-corrected chi connectivity index (χ3v) is 6.04. The molecule has 0 fully saturated rings. The van der Waals surface area contributed by atoms with Crippen LogP contribution in [0.4, 0.5) is 0 Å². The van der Waals surface area contributed by atoms with E-state index in [1.165, 1.54) is 13.4 Å². The molecule has 2 rings (SSSR count). The number of benzene rings is 2. The number of aromatic hydroxyl groups is 1. The number of hydrogen-bond donors (Lipinski definition) is 2. The van der Waals surface area contributed by atoms with E-state index >= 15 is 0 Å². The van der Waals surface area contributed by atoms with Crippen molar-refractivity contribution < 1.29 is 28.0 Å². The average Bonchev–Trinajstić information content (AvgIpc) is 2.65. The third-order valence-electron chi connectivity index (χ3n) is 4.06. The molecule has 0 aliphatic heterocycles. The summed E-state index contributed by atoms with van der Waals surface area (Å²) < 4.78 is 33.1. The van der Waals surface area contributed by atoms with Gasteiger partial charge in [-0.05, 0) is 66.8 Å². The smallest absolute Gasteiger partial charge is 0.364 e. The van der Waals surface area contributed by atoms with Gasteiger partial charge in [0.25, 0.3) is 0 Å². The van der Waals surface area contributed by atoms with Crippen LogP contribution in [0.2, 0.25) is 0 Å². The summed E-state index contributed by atoms with van der Waals surface area (Å²) in [4.78, 5) is 9.84. The Hall–Kier alpha value is -1.66. The molecule has 2 N–H and O–H groups in total. The van der Waals surface area contributed by atoms with Crippen LogP contribution < -0.4 is 4.74 Å². The zero-order chi connectivity index (χ0) is 21.5. The molecule has 0 radical (unpaired) electrons. The van der Waals surface area contributed by atoms with Crippen molar-refractivity contribution in [2.45, 2.75) is 39.0 Å². The molecule has 0 aromatic heterocycles. The SMILES string of the molecule is CC.COP(=O)(O)COc1cc(C)c(Cc2ccc(O)c(S(C)=O)c2)c(C)c1. The van der Waals surface area contributed by atoms with Crippen LogP contribution >= 0.6 is 7.60 Å². The molecule has 0 aliphatic carbocycles. The minimum Gasteiger partial charge on any atom is -0.507 e. The Morgan fingerprint density at radius 2 is 1.68 bits per heavy atom. The number of ether oxygens (including phenoxy) is 1. The van der Waals surface area contributed by atoms with Gasteiger partial charge in [0.2, 0.25) is 0 Å². The fourth-order valence-electron chi connectivity index (χ4n) is 2.63. The number of aryl methyl sites for hydroxylation is 2. The standard InChI is InChI=1S/C18H23O6PS.C2H6/c1-12-7-15(24-11-25(20,21)23-3)8-13(2)16(12)9-14-5-6-17(19)18(10-14)26(4)22;1-2/h5-8,10,19H,9,11H2,1-4H3,(H,20,21);1-2H3. The second kappa shape index (κ2) is 10.8. The highest BCUT2D eigenvalue weighted by molar-refractivity contribution is 7.84. The topological polar surface area (TPSA) is 93.1 Å². The van der Waals surface area contributed by atoms with Gasteiger partial charge in [-0.2, -0.15) is 0 Å². The van der Waals surface area contributed by atoms with Crippen molar-refractivity contribution in [3.8, 4) is 11.5 Å². The van der Waals surface area contributed by atoms with Crippen LogP contribution in [0.25, 0.3) is 0 Å². The van der Waals surface area contributed by atoms with Crippen molar-refractivity contribution in [2.75, 3.05) is 19.7 Å². The largest absolute Gasteiger partial charge is 0.507 e. The first kappa shape index (κ1) is 24.4. The van der Waals surface area contributed by atoms with Crippen LogP contribution in [0.15, 0.2) is 35.2 Å². The van der Waals surface area contributed by atoms with Crippen molar-refractivity contribution in [3.05, 3.63) is 52.6 Å². The Balaban J connectivity index is 0.00000190. The summed E-state index contributed by atoms with van der Waals surface area (Å²) in [5.74, 6) is 0.523. The summed E-state index contributed by atoms with van der Waals surface area (Å²) >= 11 is 0. The van der Waals surface area contributed by atoms with E-state index in [9.17, 15) is 18.8 Å². The molecule has 156 valence electrons. The Morgan fingerprint density at radius 1 is 1.11 bits per heavy atom. The number of phenols is 1. The lowest BCUT2D eigenvalue weighted by atomic mass is 9.96. The van der Waals surface area contributed by atoms with Gasteiger partial charge in [-0.15, -0.1) is 0 Å². The summed E-state index contributed by atoms with van der Waals surface area (Å²) in [5, 5.41) is 9.80. The second-order valence-electron chi connectivity index (χ2n) is 6.06. The Morgan fingerprint density at radius 3 is 2.18 bits per heavy atom. The summed E-state index contributed by atoms with van der Waals surface area (Å²) in [6.07, 6.45) is 1.73. The molecular formula is C20H29O6PS. The molecule has 28 heavy (non-hydrogen) atoms. The molecular weight excluding hydrogens is 399 g/mol. The molecule has 0 aliphatic rings. The van der Waals surface area contributed by atoms with E-state index in [4.69, 9.17) is 4.74 Å². The van der Waals surface area contributed by atoms with Gasteiger partial charge in [-0.25, -0.2) is 0 Å². The van der Waals surface area contributed by atoms with Crippen molar-refractivity contribution in [1.82, 2.24) is 0 Å². The molecule has 0 saturated carbocycles. The fraction of sp³-hybridized carbons (Fsp3) is 0.400. The summed E-state index contributed by atoms with van der Waals surface area (Å²) in [6, 6.07) is 8.71. The summed E-state index contributed by atoms with van der Waals surface area (Å²) in [7, 11) is -3.83. The minimum absolute atomic E-state index is 0.0263. The molecule has 0 spiro atoms. The molecule has 2 atom stereocenters. The molecule has 2 aromatic carbocycles. The zero-order valence-electron chi connectivity index (χ0n) is 17.2. The molecule has 2 unspecified atom stereocenters.